The summed E-state index contributed by atoms with van der Waals surface area (Å²) in [7, 11) is 0. The van der Waals surface area contributed by atoms with Crippen LogP contribution >= 0.6 is 0 Å². The van der Waals surface area contributed by atoms with E-state index in [1.54, 1.807) is 24.5 Å². The van der Waals surface area contributed by atoms with Crippen molar-refractivity contribution in [2.45, 2.75) is 31.3 Å². The molecule has 2 aromatic rings. The fraction of sp³-hybridized carbons (Fsp3) is 0.526. The summed E-state index contributed by atoms with van der Waals surface area (Å²) in [5.41, 5.74) is 1.43. The van der Waals surface area contributed by atoms with Gasteiger partial charge in [0.1, 0.15) is 12.1 Å². The highest BCUT2D eigenvalue weighted by molar-refractivity contribution is 5.53. The fourth-order valence-electron chi connectivity index (χ4n) is 3.95. The van der Waals surface area contributed by atoms with E-state index < -0.39 is 0 Å². The first-order chi connectivity index (χ1) is 12.3. The highest BCUT2D eigenvalue weighted by Gasteiger charge is 2.39. The zero-order valence-electron chi connectivity index (χ0n) is 14.3. The third kappa shape index (κ3) is 3.47. The summed E-state index contributed by atoms with van der Waals surface area (Å²) >= 11 is 0. The molecular formula is C19H24FN3O2. The van der Waals surface area contributed by atoms with Crippen LogP contribution in [-0.2, 0) is 11.3 Å². The summed E-state index contributed by atoms with van der Waals surface area (Å²) in [6.45, 7) is 5.34. The number of hydrogen-bond acceptors (Lipinski definition) is 5. The number of ether oxygens (including phenoxy) is 1. The number of rotatable bonds is 3. The van der Waals surface area contributed by atoms with Gasteiger partial charge in [-0.25, -0.2) is 9.37 Å². The molecule has 0 unspecified atom stereocenters. The van der Waals surface area contributed by atoms with Crippen LogP contribution in [0.5, 0.6) is 0 Å². The topological polar surface area (TPSA) is 50.5 Å². The highest BCUT2D eigenvalue weighted by atomic mass is 19.1. The Hall–Kier alpha value is -1.76. The summed E-state index contributed by atoms with van der Waals surface area (Å²) < 4.78 is 25.1. The van der Waals surface area contributed by atoms with Gasteiger partial charge in [-0.05, 0) is 37.9 Å². The molecule has 25 heavy (non-hydrogen) atoms. The molecule has 4 rings (SSSR count). The molecule has 0 radical (unpaired) electrons. The van der Waals surface area contributed by atoms with E-state index in [4.69, 9.17) is 9.15 Å². The lowest BCUT2D eigenvalue weighted by Crippen LogP contribution is -2.52. The molecule has 1 aromatic heterocycles. The first-order valence-electron chi connectivity index (χ1n) is 9.00. The van der Waals surface area contributed by atoms with E-state index in [1.807, 2.05) is 0 Å². The van der Waals surface area contributed by atoms with E-state index >= 15 is 0 Å². The molecule has 0 bridgehead atoms. The normalized spacial score (nSPS) is 21.3. The van der Waals surface area contributed by atoms with Crippen molar-refractivity contribution in [3.05, 3.63) is 42.0 Å². The molecule has 5 nitrogen and oxygen atoms in total. The van der Waals surface area contributed by atoms with Gasteiger partial charge in [0, 0.05) is 38.4 Å². The molecule has 134 valence electrons. The zero-order chi connectivity index (χ0) is 17.1. The van der Waals surface area contributed by atoms with Gasteiger partial charge in [-0.15, -0.1) is 0 Å². The monoisotopic (exact) mass is 345 g/mol. The van der Waals surface area contributed by atoms with Crippen LogP contribution in [0.1, 0.15) is 25.0 Å². The standard InChI is InChI=1S/C19H24FN3O2/c20-17-4-2-1-3-16(17)18-22-15(14-25-18)13-23-10-9-21-8-5-19(23)6-11-24-12-7-19/h1-4,14,21H,5-13H2. The molecule has 2 saturated heterocycles. The molecule has 0 atom stereocenters. The van der Waals surface area contributed by atoms with Crippen molar-refractivity contribution in [3.8, 4) is 11.5 Å². The van der Waals surface area contributed by atoms with E-state index in [1.165, 1.54) is 6.07 Å². The molecule has 3 heterocycles. The predicted molar refractivity (Wildman–Crippen MR) is 92.6 cm³/mol. The minimum Gasteiger partial charge on any atom is -0.444 e. The van der Waals surface area contributed by atoms with Crippen LogP contribution in [0, 0.1) is 5.82 Å². The Balaban J connectivity index is 1.55. The average molecular weight is 345 g/mol. The number of hydrogen-bond donors (Lipinski definition) is 1. The summed E-state index contributed by atoms with van der Waals surface area (Å²) in [5.74, 6) is 0.0397. The van der Waals surface area contributed by atoms with Crippen molar-refractivity contribution in [2.75, 3.05) is 32.8 Å². The molecule has 0 amide bonds. The number of aromatic nitrogens is 1. The Bertz CT molecular complexity index is 712. The lowest BCUT2D eigenvalue weighted by molar-refractivity contribution is -0.0312. The van der Waals surface area contributed by atoms with Crippen LogP contribution in [0.4, 0.5) is 4.39 Å². The Kier molecular flexibility index (Phi) is 4.83. The maximum atomic E-state index is 13.9. The molecule has 2 fully saturated rings. The second-order valence-corrected chi connectivity index (χ2v) is 6.88. The quantitative estimate of drug-likeness (QED) is 0.927. The van der Waals surface area contributed by atoms with Crippen LogP contribution in [0.15, 0.2) is 34.9 Å². The van der Waals surface area contributed by atoms with Crippen LogP contribution in [0.2, 0.25) is 0 Å². The molecule has 2 aliphatic rings. The van der Waals surface area contributed by atoms with Gasteiger partial charge in [0.2, 0.25) is 5.89 Å². The number of halogens is 1. The van der Waals surface area contributed by atoms with Gasteiger partial charge in [-0.2, -0.15) is 0 Å². The average Bonchev–Trinajstić information content (AvgIpc) is 3.02. The van der Waals surface area contributed by atoms with Crippen molar-refractivity contribution in [3.63, 3.8) is 0 Å². The van der Waals surface area contributed by atoms with Crippen molar-refractivity contribution < 1.29 is 13.5 Å². The van der Waals surface area contributed by atoms with Gasteiger partial charge in [-0.1, -0.05) is 12.1 Å². The van der Waals surface area contributed by atoms with Gasteiger partial charge >= 0.3 is 0 Å². The summed E-state index contributed by atoms with van der Waals surface area (Å²) in [6.07, 6.45) is 4.88. The molecular weight excluding hydrogens is 321 g/mol. The van der Waals surface area contributed by atoms with E-state index in [-0.39, 0.29) is 11.4 Å². The third-order valence-corrected chi connectivity index (χ3v) is 5.43. The van der Waals surface area contributed by atoms with E-state index in [0.717, 1.165) is 64.3 Å². The Morgan fingerprint density at radius 1 is 1.16 bits per heavy atom. The lowest BCUT2D eigenvalue weighted by Gasteiger charge is -2.45. The van der Waals surface area contributed by atoms with Gasteiger partial charge in [0.25, 0.3) is 0 Å². The first-order valence-corrected chi connectivity index (χ1v) is 9.00. The number of benzene rings is 1. The fourth-order valence-corrected chi connectivity index (χ4v) is 3.95. The third-order valence-electron chi connectivity index (χ3n) is 5.43. The van der Waals surface area contributed by atoms with Crippen LogP contribution in [-0.4, -0.2) is 48.3 Å². The predicted octanol–water partition coefficient (Wildman–Crippen LogP) is 2.83. The number of oxazole rings is 1. The molecule has 6 heteroatoms. The van der Waals surface area contributed by atoms with Crippen molar-refractivity contribution in [2.24, 2.45) is 0 Å². The zero-order valence-corrected chi connectivity index (χ0v) is 14.3. The molecule has 1 spiro atoms. The number of nitrogens with zero attached hydrogens (tertiary/aromatic N) is 2. The largest absolute Gasteiger partial charge is 0.444 e. The van der Waals surface area contributed by atoms with Crippen LogP contribution in [0.3, 0.4) is 0 Å². The summed E-state index contributed by atoms with van der Waals surface area (Å²) in [4.78, 5) is 7.06. The summed E-state index contributed by atoms with van der Waals surface area (Å²) in [5, 5.41) is 3.50. The Morgan fingerprint density at radius 2 is 2.00 bits per heavy atom. The van der Waals surface area contributed by atoms with Gasteiger partial charge in [0.15, 0.2) is 0 Å². The first kappa shape index (κ1) is 16.7. The highest BCUT2D eigenvalue weighted by Crippen LogP contribution is 2.33. The minimum atomic E-state index is -0.309. The molecule has 1 aromatic carbocycles. The molecule has 1 N–H and O–H groups in total. The number of nitrogens with one attached hydrogen (secondary N) is 1. The van der Waals surface area contributed by atoms with Crippen LogP contribution in [0.25, 0.3) is 11.5 Å². The van der Waals surface area contributed by atoms with Gasteiger partial charge in [0.05, 0.1) is 11.3 Å². The van der Waals surface area contributed by atoms with E-state index in [0.29, 0.717) is 11.5 Å². The molecule has 0 saturated carbocycles. The Labute approximate surface area is 147 Å². The Morgan fingerprint density at radius 3 is 2.84 bits per heavy atom. The lowest BCUT2D eigenvalue weighted by atomic mass is 9.84. The van der Waals surface area contributed by atoms with Crippen molar-refractivity contribution in [1.29, 1.82) is 0 Å². The molecule has 2 aliphatic heterocycles. The second-order valence-electron chi connectivity index (χ2n) is 6.88. The van der Waals surface area contributed by atoms with Crippen molar-refractivity contribution >= 4 is 0 Å². The smallest absolute Gasteiger partial charge is 0.229 e. The van der Waals surface area contributed by atoms with Gasteiger partial charge < -0.3 is 14.5 Å². The van der Waals surface area contributed by atoms with E-state index in [2.05, 4.69) is 15.2 Å². The SMILES string of the molecule is Fc1ccccc1-c1nc(CN2CCNCCC23CCOCC3)co1. The minimum absolute atomic E-state index is 0.166. The maximum Gasteiger partial charge on any atom is 0.229 e. The molecule has 0 aliphatic carbocycles. The van der Waals surface area contributed by atoms with Gasteiger partial charge in [-0.3, -0.25) is 4.90 Å². The van der Waals surface area contributed by atoms with E-state index in [9.17, 15) is 4.39 Å². The second kappa shape index (κ2) is 7.23. The van der Waals surface area contributed by atoms with Crippen LogP contribution < -0.4 is 5.32 Å². The van der Waals surface area contributed by atoms with Crippen molar-refractivity contribution in [1.82, 2.24) is 15.2 Å². The summed E-state index contributed by atoms with van der Waals surface area (Å²) in [6, 6.07) is 6.58. The maximum absolute atomic E-state index is 13.9.